The van der Waals surface area contributed by atoms with Gasteiger partial charge in [-0.15, -0.1) is 11.3 Å². The molecule has 2 aromatic rings. The maximum absolute atomic E-state index is 4.53. The van der Waals surface area contributed by atoms with Crippen molar-refractivity contribution in [3.8, 4) is 0 Å². The molecule has 3 heteroatoms. The van der Waals surface area contributed by atoms with E-state index in [0.29, 0.717) is 5.92 Å². The first kappa shape index (κ1) is 14.2. The van der Waals surface area contributed by atoms with Gasteiger partial charge in [-0.05, 0) is 37.9 Å². The summed E-state index contributed by atoms with van der Waals surface area (Å²) in [5.74, 6) is 0.578. The van der Waals surface area contributed by atoms with E-state index in [0.717, 1.165) is 10.7 Å². The van der Waals surface area contributed by atoms with Crippen LogP contribution in [0.1, 0.15) is 52.5 Å². The molecule has 0 fully saturated rings. The van der Waals surface area contributed by atoms with E-state index in [9.17, 15) is 0 Å². The highest BCUT2D eigenvalue weighted by molar-refractivity contribution is 7.11. The molecule has 0 bridgehead atoms. The number of benzene rings is 1. The second-order valence-corrected chi connectivity index (χ2v) is 6.46. The molecule has 0 spiro atoms. The van der Waals surface area contributed by atoms with Crippen LogP contribution in [0.2, 0.25) is 0 Å². The third-order valence-electron chi connectivity index (χ3n) is 3.43. The SMILES string of the molecule is CNC(c1ccc(C(C)C)cc1)c1sc(C)nc1C. The molecule has 2 rings (SSSR count). The van der Waals surface area contributed by atoms with Crippen LogP contribution in [0.3, 0.4) is 0 Å². The van der Waals surface area contributed by atoms with Crippen molar-refractivity contribution >= 4 is 11.3 Å². The molecule has 19 heavy (non-hydrogen) atoms. The molecule has 1 unspecified atom stereocenters. The largest absolute Gasteiger partial charge is 0.309 e. The van der Waals surface area contributed by atoms with Gasteiger partial charge in [-0.3, -0.25) is 0 Å². The van der Waals surface area contributed by atoms with Gasteiger partial charge in [-0.25, -0.2) is 4.98 Å². The van der Waals surface area contributed by atoms with Crippen molar-refractivity contribution in [3.05, 3.63) is 51.0 Å². The monoisotopic (exact) mass is 274 g/mol. The number of hydrogen-bond donors (Lipinski definition) is 1. The van der Waals surface area contributed by atoms with Crippen molar-refractivity contribution in [3.63, 3.8) is 0 Å². The average molecular weight is 274 g/mol. The second kappa shape index (κ2) is 5.85. The molecule has 1 aromatic heterocycles. The Hall–Kier alpha value is -1.19. The summed E-state index contributed by atoms with van der Waals surface area (Å²) < 4.78 is 0. The molecule has 0 aliphatic heterocycles. The molecule has 0 amide bonds. The summed E-state index contributed by atoms with van der Waals surface area (Å²) in [5.41, 5.74) is 3.82. The van der Waals surface area contributed by atoms with Crippen LogP contribution in [-0.2, 0) is 0 Å². The Kier molecular flexibility index (Phi) is 4.38. The van der Waals surface area contributed by atoms with Crippen LogP contribution in [0, 0.1) is 13.8 Å². The molecule has 0 aliphatic rings. The lowest BCUT2D eigenvalue weighted by Gasteiger charge is -2.17. The van der Waals surface area contributed by atoms with Crippen LogP contribution in [0.25, 0.3) is 0 Å². The van der Waals surface area contributed by atoms with E-state index in [-0.39, 0.29) is 6.04 Å². The summed E-state index contributed by atoms with van der Waals surface area (Å²) in [7, 11) is 2.01. The molecular formula is C16H22N2S. The minimum absolute atomic E-state index is 0.243. The summed E-state index contributed by atoms with van der Waals surface area (Å²) in [6, 6.07) is 9.16. The lowest BCUT2D eigenvalue weighted by atomic mass is 9.98. The number of thiazole rings is 1. The molecule has 2 nitrogen and oxygen atoms in total. The molecular weight excluding hydrogens is 252 g/mol. The van der Waals surface area contributed by atoms with E-state index in [1.807, 2.05) is 7.05 Å². The Bertz CT molecular complexity index is 540. The van der Waals surface area contributed by atoms with Crippen molar-refractivity contribution in [1.82, 2.24) is 10.3 Å². The van der Waals surface area contributed by atoms with Crippen LogP contribution >= 0.6 is 11.3 Å². The zero-order chi connectivity index (χ0) is 14.0. The van der Waals surface area contributed by atoms with Gasteiger partial charge in [0.15, 0.2) is 0 Å². The van der Waals surface area contributed by atoms with Gasteiger partial charge in [0, 0.05) is 4.88 Å². The van der Waals surface area contributed by atoms with E-state index >= 15 is 0 Å². The quantitative estimate of drug-likeness (QED) is 0.904. The standard InChI is InChI=1S/C16H22N2S/c1-10(2)13-6-8-14(9-7-13)15(17-5)16-11(3)18-12(4)19-16/h6-10,15,17H,1-5H3. The van der Waals surface area contributed by atoms with Gasteiger partial charge in [0.25, 0.3) is 0 Å². The summed E-state index contributed by atoms with van der Waals surface area (Å²) in [4.78, 5) is 5.85. The second-order valence-electron chi connectivity index (χ2n) is 5.23. The Morgan fingerprint density at radius 3 is 2.05 bits per heavy atom. The van der Waals surface area contributed by atoms with Crippen molar-refractivity contribution in [1.29, 1.82) is 0 Å². The van der Waals surface area contributed by atoms with Gasteiger partial charge >= 0.3 is 0 Å². The van der Waals surface area contributed by atoms with Gasteiger partial charge in [-0.1, -0.05) is 38.1 Å². The van der Waals surface area contributed by atoms with Crippen molar-refractivity contribution < 1.29 is 0 Å². The summed E-state index contributed by atoms with van der Waals surface area (Å²) in [5, 5.41) is 4.54. The van der Waals surface area contributed by atoms with Crippen molar-refractivity contribution in [2.24, 2.45) is 0 Å². The average Bonchev–Trinajstić information content (AvgIpc) is 2.70. The molecule has 1 aromatic carbocycles. The van der Waals surface area contributed by atoms with Gasteiger partial charge in [0.05, 0.1) is 16.7 Å². The zero-order valence-corrected chi connectivity index (χ0v) is 13.1. The predicted octanol–water partition coefficient (Wildman–Crippen LogP) is 4.19. The van der Waals surface area contributed by atoms with Crippen LogP contribution in [0.5, 0.6) is 0 Å². The van der Waals surface area contributed by atoms with Gasteiger partial charge < -0.3 is 5.32 Å². The van der Waals surface area contributed by atoms with Crippen LogP contribution in [-0.4, -0.2) is 12.0 Å². The Balaban J connectivity index is 2.34. The topological polar surface area (TPSA) is 24.9 Å². The van der Waals surface area contributed by atoms with Gasteiger partial charge in [0.1, 0.15) is 0 Å². The smallest absolute Gasteiger partial charge is 0.0900 e. The number of aromatic nitrogens is 1. The molecule has 0 radical (unpaired) electrons. The van der Waals surface area contributed by atoms with E-state index < -0.39 is 0 Å². The van der Waals surface area contributed by atoms with E-state index in [1.54, 1.807) is 11.3 Å². The highest BCUT2D eigenvalue weighted by atomic mass is 32.1. The zero-order valence-electron chi connectivity index (χ0n) is 12.3. The Morgan fingerprint density at radius 1 is 1.05 bits per heavy atom. The first-order chi connectivity index (χ1) is 9.02. The summed E-state index contributed by atoms with van der Waals surface area (Å²) in [6.07, 6.45) is 0. The first-order valence-corrected chi connectivity index (χ1v) is 7.55. The van der Waals surface area contributed by atoms with E-state index in [2.05, 4.69) is 62.3 Å². The first-order valence-electron chi connectivity index (χ1n) is 6.74. The van der Waals surface area contributed by atoms with Crippen molar-refractivity contribution in [2.75, 3.05) is 7.05 Å². The Labute approximate surface area is 119 Å². The van der Waals surface area contributed by atoms with Crippen LogP contribution in [0.15, 0.2) is 24.3 Å². The number of nitrogens with one attached hydrogen (secondary N) is 1. The van der Waals surface area contributed by atoms with Crippen molar-refractivity contribution in [2.45, 2.75) is 39.7 Å². The lowest BCUT2D eigenvalue weighted by Crippen LogP contribution is -2.17. The third-order valence-corrected chi connectivity index (χ3v) is 4.56. The molecule has 1 heterocycles. The molecule has 0 saturated carbocycles. The lowest BCUT2D eigenvalue weighted by molar-refractivity contribution is 0.696. The molecule has 1 atom stereocenters. The number of hydrogen-bond acceptors (Lipinski definition) is 3. The predicted molar refractivity (Wildman–Crippen MR) is 83.0 cm³/mol. The van der Waals surface area contributed by atoms with Crippen LogP contribution < -0.4 is 5.32 Å². The number of aryl methyl sites for hydroxylation is 2. The molecule has 0 saturated heterocycles. The third kappa shape index (κ3) is 3.04. The molecule has 0 aliphatic carbocycles. The maximum Gasteiger partial charge on any atom is 0.0900 e. The summed E-state index contributed by atoms with van der Waals surface area (Å²) in [6.45, 7) is 8.60. The van der Waals surface area contributed by atoms with Gasteiger partial charge in [-0.2, -0.15) is 0 Å². The molecule has 102 valence electrons. The normalized spacial score (nSPS) is 12.9. The fraction of sp³-hybridized carbons (Fsp3) is 0.438. The van der Waals surface area contributed by atoms with Gasteiger partial charge in [0.2, 0.25) is 0 Å². The number of rotatable bonds is 4. The Morgan fingerprint density at radius 2 is 1.63 bits per heavy atom. The minimum atomic E-state index is 0.243. The highest BCUT2D eigenvalue weighted by Crippen LogP contribution is 2.30. The van der Waals surface area contributed by atoms with E-state index in [4.69, 9.17) is 0 Å². The number of nitrogens with zero attached hydrogens (tertiary/aromatic N) is 1. The summed E-state index contributed by atoms with van der Waals surface area (Å²) >= 11 is 1.78. The maximum atomic E-state index is 4.53. The fourth-order valence-corrected chi connectivity index (χ4v) is 3.40. The minimum Gasteiger partial charge on any atom is -0.309 e. The van der Waals surface area contributed by atoms with E-state index in [1.165, 1.54) is 16.0 Å². The fourth-order valence-electron chi connectivity index (χ4n) is 2.34. The molecule has 1 N–H and O–H groups in total. The van der Waals surface area contributed by atoms with Crippen LogP contribution in [0.4, 0.5) is 0 Å². The highest BCUT2D eigenvalue weighted by Gasteiger charge is 2.17.